The molecule has 0 N–H and O–H groups in total. The van der Waals surface area contributed by atoms with Crippen LogP contribution in [-0.4, -0.2) is 41.1 Å². The lowest BCUT2D eigenvalue weighted by Crippen LogP contribution is -2.27. The number of hydrogen-bond acceptors (Lipinski definition) is 0. The van der Waals surface area contributed by atoms with Gasteiger partial charge < -0.3 is 4.48 Å². The van der Waals surface area contributed by atoms with E-state index in [0.717, 1.165) is 4.48 Å². The Kier molecular flexibility index (Phi) is 3.51. The second kappa shape index (κ2) is 2.24. The Morgan fingerprint density at radius 1 is 0.833 bits per heavy atom. The molecule has 0 aromatic carbocycles. The van der Waals surface area contributed by atoms with Crippen molar-refractivity contribution in [1.82, 2.24) is 0 Å². The third kappa shape index (κ3) is 59200. The maximum Gasteiger partial charge on any atom is 0.0814 e. The van der Waals surface area contributed by atoms with E-state index in [1.54, 1.807) is 0 Å². The van der Waals surface area contributed by atoms with Crippen molar-refractivity contribution < 1.29 is 4.48 Å². The van der Waals surface area contributed by atoms with Crippen molar-refractivity contribution in [3.05, 3.63) is 0 Å². The van der Waals surface area contributed by atoms with Crippen LogP contribution in [0.4, 0.5) is 0 Å². The van der Waals surface area contributed by atoms with E-state index in [0.29, 0.717) is 0 Å². The maximum absolute atomic E-state index is 2.12. The molecule has 0 fully saturated rings. The maximum atomic E-state index is 2.12. The molecule has 0 aliphatic carbocycles. The van der Waals surface area contributed by atoms with Crippen LogP contribution in [0.2, 0.25) is 0 Å². The Balaban J connectivity index is 0. The van der Waals surface area contributed by atoms with E-state index in [2.05, 4.69) is 28.2 Å². The summed E-state index contributed by atoms with van der Waals surface area (Å²) < 4.78 is 1.00. The Hall–Kier alpha value is 0.0249. The SMILES string of the molecule is B.C[N+](C)(C)C. The summed E-state index contributed by atoms with van der Waals surface area (Å²) in [5, 5.41) is 0. The molecule has 38 valence electrons. The highest BCUT2D eigenvalue weighted by molar-refractivity contribution is 5.75. The van der Waals surface area contributed by atoms with Crippen LogP contribution in [-0.2, 0) is 0 Å². The van der Waals surface area contributed by atoms with Crippen LogP contribution in [0.3, 0.4) is 0 Å². The topological polar surface area (TPSA) is 0 Å². The quantitative estimate of drug-likeness (QED) is 0.267. The molecular formula is C4H15BN+. The third-order valence-electron chi connectivity index (χ3n) is 0. The fourth-order valence-electron chi connectivity index (χ4n) is 0. The summed E-state index contributed by atoms with van der Waals surface area (Å²) in [6.45, 7) is 0. The van der Waals surface area contributed by atoms with Gasteiger partial charge in [0.15, 0.2) is 0 Å². The van der Waals surface area contributed by atoms with E-state index < -0.39 is 0 Å². The Morgan fingerprint density at radius 3 is 0.833 bits per heavy atom. The minimum Gasteiger partial charge on any atom is -0.333 e. The molecule has 0 spiro atoms. The van der Waals surface area contributed by atoms with Crippen LogP contribution in [0.5, 0.6) is 0 Å². The van der Waals surface area contributed by atoms with Crippen LogP contribution in [0.15, 0.2) is 0 Å². The fraction of sp³-hybridized carbons (Fsp3) is 1.00. The summed E-state index contributed by atoms with van der Waals surface area (Å²) in [4.78, 5) is 0. The fourth-order valence-corrected chi connectivity index (χ4v) is 0. The molecule has 0 aromatic rings. The first-order chi connectivity index (χ1) is 2.00. The van der Waals surface area contributed by atoms with Crippen molar-refractivity contribution in [1.29, 1.82) is 0 Å². The van der Waals surface area contributed by atoms with Crippen molar-refractivity contribution in [3.63, 3.8) is 0 Å². The van der Waals surface area contributed by atoms with Crippen LogP contribution in [0, 0.1) is 0 Å². The lowest BCUT2D eigenvalue weighted by Gasteiger charge is -2.14. The highest BCUT2D eigenvalue weighted by atomic mass is 15.2. The van der Waals surface area contributed by atoms with Crippen LogP contribution < -0.4 is 0 Å². The molecule has 0 rings (SSSR count). The van der Waals surface area contributed by atoms with Gasteiger partial charge in [0.25, 0.3) is 0 Å². The first-order valence-corrected chi connectivity index (χ1v) is 1.79. The average Bonchev–Trinajstić information content (AvgIpc) is 0.722. The lowest BCUT2D eigenvalue weighted by atomic mass is 10.8. The smallest absolute Gasteiger partial charge is 0.0814 e. The summed E-state index contributed by atoms with van der Waals surface area (Å²) >= 11 is 0. The van der Waals surface area contributed by atoms with Gasteiger partial charge in [0.05, 0.1) is 36.6 Å². The molecule has 0 saturated carbocycles. The van der Waals surface area contributed by atoms with E-state index >= 15 is 0 Å². The van der Waals surface area contributed by atoms with Crippen molar-refractivity contribution in [2.45, 2.75) is 0 Å². The number of rotatable bonds is 0. The minimum absolute atomic E-state index is 0. The molecule has 0 atom stereocenters. The van der Waals surface area contributed by atoms with Gasteiger partial charge in [-0.25, -0.2) is 0 Å². The zero-order chi connectivity index (χ0) is 4.50. The van der Waals surface area contributed by atoms with E-state index in [1.165, 1.54) is 0 Å². The lowest BCUT2D eigenvalue weighted by molar-refractivity contribution is -0.849. The van der Waals surface area contributed by atoms with Crippen molar-refractivity contribution in [2.75, 3.05) is 28.2 Å². The first kappa shape index (κ1) is 9.39. The van der Waals surface area contributed by atoms with Crippen molar-refractivity contribution in [3.8, 4) is 0 Å². The largest absolute Gasteiger partial charge is 0.333 e. The van der Waals surface area contributed by atoms with Gasteiger partial charge >= 0.3 is 0 Å². The zero-order valence-electron chi connectivity index (χ0n) is 4.45. The summed E-state index contributed by atoms with van der Waals surface area (Å²) in [5.41, 5.74) is 0. The van der Waals surface area contributed by atoms with E-state index in [-0.39, 0.29) is 8.41 Å². The number of nitrogens with zero attached hydrogens (tertiary/aromatic N) is 1. The predicted molar refractivity (Wildman–Crippen MR) is 33.9 cm³/mol. The van der Waals surface area contributed by atoms with Gasteiger partial charge in [-0.3, -0.25) is 0 Å². The van der Waals surface area contributed by atoms with Gasteiger partial charge in [-0.2, -0.15) is 0 Å². The molecule has 0 saturated heterocycles. The summed E-state index contributed by atoms with van der Waals surface area (Å²) in [7, 11) is 8.50. The Morgan fingerprint density at radius 2 is 0.833 bits per heavy atom. The van der Waals surface area contributed by atoms with Crippen molar-refractivity contribution in [2.24, 2.45) is 0 Å². The average molecular weight is 88.0 g/mol. The summed E-state index contributed by atoms with van der Waals surface area (Å²) in [5.74, 6) is 0. The predicted octanol–water partition coefficient (Wildman–Crippen LogP) is -0.861. The van der Waals surface area contributed by atoms with Gasteiger partial charge in [0.2, 0.25) is 0 Å². The molecule has 0 bridgehead atoms. The highest BCUT2D eigenvalue weighted by Gasteiger charge is 1.88. The van der Waals surface area contributed by atoms with Gasteiger partial charge in [0.1, 0.15) is 0 Å². The molecular weight excluding hydrogens is 72.9 g/mol. The standard InChI is InChI=1S/C4H12N.BH3/c1-5(2,3)4;/h1-4H3;1H3/q+1;. The van der Waals surface area contributed by atoms with Gasteiger partial charge in [-0.15, -0.1) is 0 Å². The summed E-state index contributed by atoms with van der Waals surface area (Å²) in [6.07, 6.45) is 0. The molecule has 2 heteroatoms. The van der Waals surface area contributed by atoms with E-state index in [4.69, 9.17) is 0 Å². The Bertz CT molecular complexity index is 23.0. The van der Waals surface area contributed by atoms with Crippen LogP contribution in [0.1, 0.15) is 0 Å². The molecule has 1 nitrogen and oxygen atoms in total. The second-order valence-electron chi connectivity index (χ2n) is 2.68. The molecule has 0 aromatic heterocycles. The monoisotopic (exact) mass is 88.1 g/mol. The van der Waals surface area contributed by atoms with E-state index in [9.17, 15) is 0 Å². The zero-order valence-corrected chi connectivity index (χ0v) is 4.45. The highest BCUT2D eigenvalue weighted by Crippen LogP contribution is 1.73. The third-order valence-corrected chi connectivity index (χ3v) is 0. The molecule has 0 amide bonds. The summed E-state index contributed by atoms with van der Waals surface area (Å²) in [6, 6.07) is 0. The molecule has 0 aliphatic heterocycles. The van der Waals surface area contributed by atoms with Crippen LogP contribution in [0.25, 0.3) is 0 Å². The van der Waals surface area contributed by atoms with Crippen molar-refractivity contribution >= 4 is 8.41 Å². The van der Waals surface area contributed by atoms with E-state index in [1.807, 2.05) is 0 Å². The van der Waals surface area contributed by atoms with Gasteiger partial charge in [0, 0.05) is 0 Å². The van der Waals surface area contributed by atoms with Crippen LogP contribution >= 0.6 is 0 Å². The number of hydrogen-bond donors (Lipinski definition) is 0. The molecule has 0 unspecified atom stereocenters. The second-order valence-corrected chi connectivity index (χ2v) is 2.68. The molecule has 0 aliphatic rings. The van der Waals surface area contributed by atoms with Gasteiger partial charge in [-0.1, -0.05) is 0 Å². The minimum atomic E-state index is 0. The Labute approximate surface area is 42.1 Å². The first-order valence-electron chi connectivity index (χ1n) is 1.79. The molecule has 0 heterocycles. The molecule has 6 heavy (non-hydrogen) atoms. The molecule has 0 radical (unpaired) electrons. The normalized spacial score (nSPS) is 10.0. The van der Waals surface area contributed by atoms with Gasteiger partial charge in [-0.05, 0) is 0 Å². The number of quaternary nitrogens is 1.